The summed E-state index contributed by atoms with van der Waals surface area (Å²) in [5.74, 6) is -0.192. The van der Waals surface area contributed by atoms with E-state index in [1.54, 1.807) is 19.1 Å². The van der Waals surface area contributed by atoms with Gasteiger partial charge in [0.2, 0.25) is 5.91 Å². The Morgan fingerprint density at radius 1 is 1.36 bits per heavy atom. The number of ether oxygens (including phenoxy) is 2. The largest absolute Gasteiger partial charge is 0.349 e. The molecule has 1 amide bonds. The van der Waals surface area contributed by atoms with Gasteiger partial charge in [-0.2, -0.15) is 0 Å². The van der Waals surface area contributed by atoms with Crippen LogP contribution in [-0.2, 0) is 14.3 Å². The van der Waals surface area contributed by atoms with E-state index in [0.717, 1.165) is 25.8 Å². The second-order valence-corrected chi connectivity index (χ2v) is 6.45. The van der Waals surface area contributed by atoms with Crippen LogP contribution in [0.5, 0.6) is 0 Å². The molecule has 0 saturated carbocycles. The number of piperidine rings is 1. The van der Waals surface area contributed by atoms with Gasteiger partial charge in [-0.25, -0.2) is 0 Å². The number of benzene rings is 1. The minimum atomic E-state index is -0.444. The maximum atomic E-state index is 12.4. The predicted octanol–water partition coefficient (Wildman–Crippen LogP) is 2.07. The third-order valence-electron chi connectivity index (χ3n) is 4.66. The highest BCUT2D eigenvalue weighted by Gasteiger charge is 2.34. The molecule has 1 atom stereocenters. The number of nitro groups is 1. The van der Waals surface area contributed by atoms with Crippen molar-refractivity contribution in [3.8, 4) is 0 Å². The van der Waals surface area contributed by atoms with Gasteiger partial charge in [-0.15, -0.1) is 0 Å². The van der Waals surface area contributed by atoms with E-state index in [9.17, 15) is 14.9 Å². The summed E-state index contributed by atoms with van der Waals surface area (Å²) in [7, 11) is 0. The number of carbonyl (C=O) groups excluding carboxylic acids is 1. The smallest absolute Gasteiger partial charge is 0.274 e. The maximum absolute atomic E-state index is 12.4. The first kappa shape index (κ1) is 17.8. The molecule has 2 fully saturated rings. The number of nitrogens with zero attached hydrogens (tertiary/aromatic N) is 2. The molecule has 25 heavy (non-hydrogen) atoms. The summed E-state index contributed by atoms with van der Waals surface area (Å²) < 4.78 is 11.2. The Labute approximate surface area is 146 Å². The van der Waals surface area contributed by atoms with Crippen LogP contribution in [0.1, 0.15) is 24.8 Å². The Morgan fingerprint density at radius 2 is 2.12 bits per heavy atom. The van der Waals surface area contributed by atoms with E-state index in [1.165, 1.54) is 6.07 Å². The lowest BCUT2D eigenvalue weighted by Crippen LogP contribution is -2.50. The van der Waals surface area contributed by atoms with Crippen LogP contribution in [0.15, 0.2) is 18.2 Å². The van der Waals surface area contributed by atoms with Gasteiger partial charge in [-0.05, 0) is 32.4 Å². The topological polar surface area (TPSA) is 93.9 Å². The molecule has 0 unspecified atom stereocenters. The summed E-state index contributed by atoms with van der Waals surface area (Å²) in [5, 5.41) is 13.8. The van der Waals surface area contributed by atoms with E-state index < -0.39 is 4.92 Å². The molecular weight excluding hydrogens is 326 g/mol. The number of nitrogens with one attached hydrogen (secondary N) is 1. The Morgan fingerprint density at radius 3 is 2.84 bits per heavy atom. The number of hydrogen-bond acceptors (Lipinski definition) is 6. The quantitative estimate of drug-likeness (QED) is 0.646. The molecule has 2 aliphatic heterocycles. The molecular formula is C17H23N3O5. The van der Waals surface area contributed by atoms with Crippen molar-refractivity contribution in [3.63, 3.8) is 0 Å². The van der Waals surface area contributed by atoms with Crippen molar-refractivity contribution in [2.24, 2.45) is 0 Å². The molecule has 3 rings (SSSR count). The molecule has 1 aromatic rings. The Kier molecular flexibility index (Phi) is 5.62. The molecule has 1 aromatic carbocycles. The van der Waals surface area contributed by atoms with Crippen molar-refractivity contribution >= 4 is 17.3 Å². The van der Waals surface area contributed by atoms with Gasteiger partial charge in [-0.1, -0.05) is 12.5 Å². The lowest BCUT2D eigenvalue weighted by Gasteiger charge is -2.37. The van der Waals surface area contributed by atoms with E-state index in [1.807, 2.05) is 0 Å². The van der Waals surface area contributed by atoms with Crippen LogP contribution in [0.3, 0.4) is 0 Å². The fourth-order valence-electron chi connectivity index (χ4n) is 3.39. The summed E-state index contributed by atoms with van der Waals surface area (Å²) in [4.78, 5) is 25.1. The molecule has 0 aliphatic carbocycles. The van der Waals surface area contributed by atoms with Gasteiger partial charge >= 0.3 is 0 Å². The van der Waals surface area contributed by atoms with Crippen LogP contribution in [0.4, 0.5) is 11.4 Å². The van der Waals surface area contributed by atoms with E-state index in [-0.39, 0.29) is 30.5 Å². The normalized spacial score (nSPS) is 22.0. The van der Waals surface area contributed by atoms with Gasteiger partial charge in [-0.3, -0.25) is 19.8 Å². The fraction of sp³-hybridized carbons (Fsp3) is 0.588. The fourth-order valence-corrected chi connectivity index (χ4v) is 3.39. The minimum Gasteiger partial charge on any atom is -0.349 e. The number of hydrogen-bond donors (Lipinski definition) is 1. The molecule has 1 N–H and O–H groups in total. The standard InChI is InChI=1S/C17H23N3O5/c1-12-5-6-13(10-15(12)20(22)23)18-16(21)11-19-7-3-2-4-14(19)17-24-8-9-25-17/h5-6,10,14,17H,2-4,7-9,11H2,1H3,(H,18,21)/t14-/m1/s1. The molecule has 2 saturated heterocycles. The number of rotatable bonds is 5. The second-order valence-electron chi connectivity index (χ2n) is 6.45. The third kappa shape index (κ3) is 4.33. The number of likely N-dealkylation sites (tertiary alicyclic amines) is 1. The Balaban J connectivity index is 1.63. The molecule has 8 heteroatoms. The van der Waals surface area contributed by atoms with Gasteiger partial charge in [0.05, 0.1) is 30.7 Å². The van der Waals surface area contributed by atoms with Crippen LogP contribution in [0.25, 0.3) is 0 Å². The third-order valence-corrected chi connectivity index (χ3v) is 4.66. The van der Waals surface area contributed by atoms with Gasteiger partial charge in [0.1, 0.15) is 0 Å². The number of carbonyl (C=O) groups is 1. The monoisotopic (exact) mass is 349 g/mol. The highest BCUT2D eigenvalue weighted by molar-refractivity contribution is 5.92. The molecule has 8 nitrogen and oxygen atoms in total. The molecule has 2 aliphatic rings. The number of nitro benzene ring substituents is 1. The summed E-state index contributed by atoms with van der Waals surface area (Å²) in [5.41, 5.74) is 1.00. The van der Waals surface area contributed by atoms with E-state index in [4.69, 9.17) is 9.47 Å². The highest BCUT2D eigenvalue weighted by Crippen LogP contribution is 2.25. The molecule has 0 bridgehead atoms. The highest BCUT2D eigenvalue weighted by atomic mass is 16.7. The summed E-state index contributed by atoms with van der Waals surface area (Å²) in [6.45, 7) is 3.89. The van der Waals surface area contributed by atoms with E-state index in [0.29, 0.717) is 24.5 Å². The Hall–Kier alpha value is -2.03. The first-order chi connectivity index (χ1) is 12.0. The van der Waals surface area contributed by atoms with Crippen LogP contribution >= 0.6 is 0 Å². The van der Waals surface area contributed by atoms with Gasteiger partial charge in [0.15, 0.2) is 6.29 Å². The lowest BCUT2D eigenvalue weighted by atomic mass is 10.0. The number of anilines is 1. The first-order valence-corrected chi connectivity index (χ1v) is 8.57. The summed E-state index contributed by atoms with van der Waals surface area (Å²) in [6, 6.07) is 4.79. The first-order valence-electron chi connectivity index (χ1n) is 8.57. The van der Waals surface area contributed by atoms with Crippen LogP contribution in [0, 0.1) is 17.0 Å². The molecule has 0 aromatic heterocycles. The van der Waals surface area contributed by atoms with Crippen molar-refractivity contribution in [1.29, 1.82) is 0 Å². The molecule has 136 valence electrons. The molecule has 2 heterocycles. The summed E-state index contributed by atoms with van der Waals surface area (Å²) in [6.07, 6.45) is 2.80. The predicted molar refractivity (Wildman–Crippen MR) is 91.4 cm³/mol. The van der Waals surface area contributed by atoms with Crippen molar-refractivity contribution in [1.82, 2.24) is 4.90 Å². The van der Waals surface area contributed by atoms with E-state index in [2.05, 4.69) is 10.2 Å². The minimum absolute atomic E-state index is 0.00130. The van der Waals surface area contributed by atoms with Gasteiger partial charge in [0.25, 0.3) is 5.69 Å². The van der Waals surface area contributed by atoms with Crippen LogP contribution < -0.4 is 5.32 Å². The zero-order chi connectivity index (χ0) is 17.8. The lowest BCUT2D eigenvalue weighted by molar-refractivity contribution is -0.385. The summed E-state index contributed by atoms with van der Waals surface area (Å²) >= 11 is 0. The zero-order valence-electron chi connectivity index (χ0n) is 14.3. The van der Waals surface area contributed by atoms with Crippen molar-refractivity contribution < 1.29 is 19.2 Å². The van der Waals surface area contributed by atoms with Crippen LogP contribution in [0.2, 0.25) is 0 Å². The Bertz CT molecular complexity index is 645. The average Bonchev–Trinajstić information content (AvgIpc) is 3.11. The number of aryl methyl sites for hydroxylation is 1. The SMILES string of the molecule is Cc1ccc(NC(=O)CN2CCCC[C@@H]2C2OCCO2)cc1[N+](=O)[O-]. The molecule has 0 radical (unpaired) electrons. The van der Waals surface area contributed by atoms with Crippen LogP contribution in [-0.4, -0.2) is 54.4 Å². The number of amides is 1. The van der Waals surface area contributed by atoms with Gasteiger partial charge in [0, 0.05) is 17.3 Å². The van der Waals surface area contributed by atoms with Gasteiger partial charge < -0.3 is 14.8 Å². The second kappa shape index (κ2) is 7.90. The maximum Gasteiger partial charge on any atom is 0.274 e. The average molecular weight is 349 g/mol. The van der Waals surface area contributed by atoms with Crippen molar-refractivity contribution in [2.75, 3.05) is 31.6 Å². The molecule has 0 spiro atoms. The zero-order valence-corrected chi connectivity index (χ0v) is 14.3. The van der Waals surface area contributed by atoms with Crippen molar-refractivity contribution in [3.05, 3.63) is 33.9 Å². The van der Waals surface area contributed by atoms with Crippen molar-refractivity contribution in [2.45, 2.75) is 38.5 Å². The van der Waals surface area contributed by atoms with E-state index >= 15 is 0 Å².